The van der Waals surface area contributed by atoms with E-state index in [1.54, 1.807) is 0 Å². The molecule has 0 atom stereocenters. The second kappa shape index (κ2) is 5.47. The molecule has 0 radical (unpaired) electrons. The molecule has 92 valence electrons. The Hall–Kier alpha value is -1.13. The summed E-state index contributed by atoms with van der Waals surface area (Å²) < 4.78 is 0. The predicted molar refractivity (Wildman–Crippen MR) is 76.5 cm³/mol. The van der Waals surface area contributed by atoms with Crippen LogP contribution in [0.1, 0.15) is 18.4 Å². The lowest BCUT2D eigenvalue weighted by molar-refractivity contribution is 0.264. The van der Waals surface area contributed by atoms with Crippen LogP contribution in [0.15, 0.2) is 24.3 Å². The Labute approximate surface area is 108 Å². The van der Waals surface area contributed by atoms with Gasteiger partial charge in [0.15, 0.2) is 0 Å². The molecule has 0 unspecified atom stereocenters. The molecule has 3 nitrogen and oxygen atoms in total. The summed E-state index contributed by atoms with van der Waals surface area (Å²) >= 11 is 4.93. The van der Waals surface area contributed by atoms with Gasteiger partial charge in [-0.15, -0.1) is 0 Å². The molecule has 0 saturated carbocycles. The van der Waals surface area contributed by atoms with E-state index in [1.807, 2.05) is 24.3 Å². The number of anilines is 1. The van der Waals surface area contributed by atoms with Crippen molar-refractivity contribution in [3.63, 3.8) is 0 Å². The Morgan fingerprint density at radius 2 is 1.88 bits per heavy atom. The third-order valence-electron chi connectivity index (χ3n) is 3.26. The van der Waals surface area contributed by atoms with Gasteiger partial charge in [0, 0.05) is 17.3 Å². The summed E-state index contributed by atoms with van der Waals surface area (Å²) in [7, 11) is 2.17. The predicted octanol–water partition coefficient (Wildman–Crippen LogP) is 1.83. The lowest BCUT2D eigenvalue weighted by Crippen LogP contribution is -2.36. The van der Waals surface area contributed by atoms with E-state index in [2.05, 4.69) is 17.3 Å². The molecule has 1 fully saturated rings. The van der Waals surface area contributed by atoms with E-state index in [0.29, 0.717) is 11.0 Å². The molecule has 0 aromatic heterocycles. The molecule has 0 bridgehead atoms. The summed E-state index contributed by atoms with van der Waals surface area (Å²) in [5.41, 5.74) is 7.65. The van der Waals surface area contributed by atoms with Crippen molar-refractivity contribution in [2.45, 2.75) is 18.9 Å². The number of hydrogen-bond donors (Lipinski definition) is 2. The molecule has 1 aliphatic rings. The van der Waals surface area contributed by atoms with Crippen molar-refractivity contribution < 1.29 is 0 Å². The van der Waals surface area contributed by atoms with Gasteiger partial charge in [-0.2, -0.15) is 0 Å². The number of hydrogen-bond acceptors (Lipinski definition) is 3. The van der Waals surface area contributed by atoms with E-state index >= 15 is 0 Å². The van der Waals surface area contributed by atoms with Gasteiger partial charge in [-0.25, -0.2) is 0 Å². The molecular formula is C13H19N3S. The van der Waals surface area contributed by atoms with Gasteiger partial charge in [0.25, 0.3) is 0 Å². The first-order valence-electron chi connectivity index (χ1n) is 6.00. The zero-order chi connectivity index (χ0) is 12.3. The number of nitrogens with two attached hydrogens (primary N) is 1. The Balaban J connectivity index is 1.92. The monoisotopic (exact) mass is 249 g/mol. The van der Waals surface area contributed by atoms with Crippen LogP contribution in [0.5, 0.6) is 0 Å². The maximum Gasteiger partial charge on any atom is 0.103 e. The van der Waals surface area contributed by atoms with Crippen molar-refractivity contribution in [3.8, 4) is 0 Å². The second-order valence-corrected chi connectivity index (χ2v) is 5.10. The van der Waals surface area contributed by atoms with Crippen LogP contribution in [0.2, 0.25) is 0 Å². The van der Waals surface area contributed by atoms with Gasteiger partial charge in [0.2, 0.25) is 0 Å². The second-order valence-electron chi connectivity index (χ2n) is 4.66. The van der Waals surface area contributed by atoms with Crippen molar-refractivity contribution >= 4 is 22.9 Å². The molecule has 17 heavy (non-hydrogen) atoms. The number of rotatable bonds is 3. The zero-order valence-electron chi connectivity index (χ0n) is 10.1. The van der Waals surface area contributed by atoms with Gasteiger partial charge in [-0.1, -0.05) is 12.2 Å². The molecule has 2 rings (SSSR count). The minimum absolute atomic E-state index is 0.454. The van der Waals surface area contributed by atoms with Gasteiger partial charge < -0.3 is 16.0 Å². The zero-order valence-corrected chi connectivity index (χ0v) is 11.0. The first-order valence-corrected chi connectivity index (χ1v) is 6.41. The fraction of sp³-hybridized carbons (Fsp3) is 0.462. The van der Waals surface area contributed by atoms with Gasteiger partial charge in [0.05, 0.1) is 0 Å². The van der Waals surface area contributed by atoms with E-state index in [4.69, 9.17) is 18.0 Å². The lowest BCUT2D eigenvalue weighted by atomic mass is 10.1. The summed E-state index contributed by atoms with van der Waals surface area (Å²) in [5, 5.41) is 3.56. The van der Waals surface area contributed by atoms with Crippen LogP contribution in [0, 0.1) is 0 Å². The maximum absolute atomic E-state index is 5.57. The Kier molecular flexibility index (Phi) is 3.97. The number of nitrogens with zero attached hydrogens (tertiary/aromatic N) is 1. The largest absolute Gasteiger partial charge is 0.389 e. The number of piperidine rings is 1. The van der Waals surface area contributed by atoms with Crippen LogP contribution in [-0.4, -0.2) is 36.1 Å². The standard InChI is InChI=1S/C13H19N3S/c1-16-8-6-12(7-9-16)15-11-4-2-10(3-5-11)13(14)17/h2-5,12,15H,6-9H2,1H3,(H2,14,17). The third kappa shape index (κ3) is 3.41. The summed E-state index contributed by atoms with van der Waals surface area (Å²) in [4.78, 5) is 2.82. The molecule has 0 spiro atoms. The summed E-state index contributed by atoms with van der Waals surface area (Å²) in [6.07, 6.45) is 2.40. The van der Waals surface area contributed by atoms with E-state index in [-0.39, 0.29) is 0 Å². The van der Waals surface area contributed by atoms with Gasteiger partial charge >= 0.3 is 0 Å². The average molecular weight is 249 g/mol. The van der Waals surface area contributed by atoms with Crippen LogP contribution in [0.3, 0.4) is 0 Å². The van der Waals surface area contributed by atoms with E-state index in [1.165, 1.54) is 25.9 Å². The molecule has 1 aliphatic heterocycles. The van der Waals surface area contributed by atoms with E-state index < -0.39 is 0 Å². The molecule has 3 N–H and O–H groups in total. The van der Waals surface area contributed by atoms with Crippen LogP contribution < -0.4 is 11.1 Å². The quantitative estimate of drug-likeness (QED) is 0.802. The van der Waals surface area contributed by atoms with Crippen molar-refractivity contribution in [1.82, 2.24) is 4.90 Å². The first-order chi connectivity index (χ1) is 8.15. The van der Waals surface area contributed by atoms with Crippen LogP contribution in [0.4, 0.5) is 5.69 Å². The summed E-state index contributed by atoms with van der Waals surface area (Å²) in [6, 6.07) is 8.63. The highest BCUT2D eigenvalue weighted by Crippen LogP contribution is 2.16. The Bertz CT molecular complexity index is 380. The maximum atomic E-state index is 5.57. The molecule has 1 aromatic carbocycles. The van der Waals surface area contributed by atoms with Gasteiger partial charge in [-0.3, -0.25) is 0 Å². The molecule has 0 amide bonds. The summed E-state index contributed by atoms with van der Waals surface area (Å²) in [6.45, 7) is 2.34. The van der Waals surface area contributed by atoms with E-state index in [0.717, 1.165) is 11.3 Å². The minimum atomic E-state index is 0.454. The fourth-order valence-corrected chi connectivity index (χ4v) is 2.26. The van der Waals surface area contributed by atoms with Gasteiger partial charge in [0.1, 0.15) is 4.99 Å². The highest BCUT2D eigenvalue weighted by Gasteiger charge is 2.15. The normalized spacial score (nSPS) is 17.9. The van der Waals surface area contributed by atoms with Crippen molar-refractivity contribution in [2.24, 2.45) is 5.73 Å². The number of benzene rings is 1. The van der Waals surface area contributed by atoms with Crippen molar-refractivity contribution in [2.75, 3.05) is 25.5 Å². The van der Waals surface area contributed by atoms with Crippen LogP contribution in [0.25, 0.3) is 0 Å². The molecule has 4 heteroatoms. The summed E-state index contributed by atoms with van der Waals surface area (Å²) in [5.74, 6) is 0. The number of likely N-dealkylation sites (tertiary alicyclic amines) is 1. The highest BCUT2D eigenvalue weighted by atomic mass is 32.1. The average Bonchev–Trinajstić information content (AvgIpc) is 2.33. The molecule has 0 aliphatic carbocycles. The number of thiocarbonyl (C=S) groups is 1. The molecule has 1 aromatic rings. The highest BCUT2D eigenvalue weighted by molar-refractivity contribution is 7.80. The minimum Gasteiger partial charge on any atom is -0.389 e. The van der Waals surface area contributed by atoms with Crippen molar-refractivity contribution in [1.29, 1.82) is 0 Å². The Morgan fingerprint density at radius 1 is 1.29 bits per heavy atom. The fourth-order valence-electron chi connectivity index (χ4n) is 2.12. The van der Waals surface area contributed by atoms with E-state index in [9.17, 15) is 0 Å². The smallest absolute Gasteiger partial charge is 0.103 e. The Morgan fingerprint density at radius 3 is 2.41 bits per heavy atom. The lowest BCUT2D eigenvalue weighted by Gasteiger charge is -2.30. The number of nitrogens with one attached hydrogen (secondary N) is 1. The molecule has 1 saturated heterocycles. The molecule has 1 heterocycles. The topological polar surface area (TPSA) is 41.3 Å². The van der Waals surface area contributed by atoms with Crippen LogP contribution in [-0.2, 0) is 0 Å². The van der Waals surface area contributed by atoms with Gasteiger partial charge in [-0.05, 0) is 57.2 Å². The SMILES string of the molecule is CN1CCC(Nc2ccc(C(N)=S)cc2)CC1. The van der Waals surface area contributed by atoms with Crippen molar-refractivity contribution in [3.05, 3.63) is 29.8 Å². The van der Waals surface area contributed by atoms with Crippen LogP contribution >= 0.6 is 12.2 Å². The molecular weight excluding hydrogens is 230 g/mol. The first kappa shape index (κ1) is 12.3. The third-order valence-corrected chi connectivity index (χ3v) is 3.49.